The number of benzene rings is 1. The van der Waals surface area contributed by atoms with Crippen molar-refractivity contribution < 1.29 is 19.5 Å². The van der Waals surface area contributed by atoms with E-state index in [4.69, 9.17) is 17.3 Å². The SMILES string of the molecule is Cn1cc(C(=O)c2ccccc2)cc1C=C1SC(=S)N(CCCC(=O)O)C1=O. The van der Waals surface area contributed by atoms with Crippen molar-refractivity contribution in [2.75, 3.05) is 6.54 Å². The van der Waals surface area contributed by atoms with E-state index >= 15 is 0 Å². The van der Waals surface area contributed by atoms with Crippen LogP contribution in [0.3, 0.4) is 0 Å². The highest BCUT2D eigenvalue weighted by molar-refractivity contribution is 8.26. The molecule has 1 aromatic carbocycles. The number of carbonyl (C=O) groups is 3. The summed E-state index contributed by atoms with van der Waals surface area (Å²) in [6.45, 7) is 0.277. The number of thioether (sulfide) groups is 1. The molecule has 0 saturated carbocycles. The fourth-order valence-electron chi connectivity index (χ4n) is 2.82. The number of aryl methyl sites for hydroxylation is 1. The molecule has 6 nitrogen and oxygen atoms in total. The first kappa shape index (κ1) is 20.0. The van der Waals surface area contributed by atoms with Crippen LogP contribution in [-0.4, -0.2) is 43.1 Å². The monoisotopic (exact) mass is 414 g/mol. The van der Waals surface area contributed by atoms with E-state index in [9.17, 15) is 14.4 Å². The fraction of sp³-hybridized carbons (Fsp3) is 0.200. The molecule has 28 heavy (non-hydrogen) atoms. The van der Waals surface area contributed by atoms with Crippen molar-refractivity contribution in [2.24, 2.45) is 7.05 Å². The van der Waals surface area contributed by atoms with Gasteiger partial charge in [-0.1, -0.05) is 54.3 Å². The van der Waals surface area contributed by atoms with Crippen molar-refractivity contribution in [3.8, 4) is 0 Å². The third-order valence-electron chi connectivity index (χ3n) is 4.27. The molecule has 1 aromatic heterocycles. The minimum absolute atomic E-state index is 0.0150. The number of aliphatic carboxylic acids is 1. The second kappa shape index (κ2) is 8.53. The van der Waals surface area contributed by atoms with Crippen LogP contribution in [0, 0.1) is 0 Å². The summed E-state index contributed by atoms with van der Waals surface area (Å²) in [6, 6.07) is 10.7. The summed E-state index contributed by atoms with van der Waals surface area (Å²) >= 11 is 6.43. The number of thiocarbonyl (C=S) groups is 1. The number of amides is 1. The van der Waals surface area contributed by atoms with Crippen LogP contribution in [0.5, 0.6) is 0 Å². The number of hydrogen-bond donors (Lipinski definition) is 1. The fourth-order valence-corrected chi connectivity index (χ4v) is 4.11. The Hall–Kier alpha value is -2.71. The molecule has 1 N–H and O–H groups in total. The lowest BCUT2D eigenvalue weighted by Crippen LogP contribution is -2.29. The third-order valence-corrected chi connectivity index (χ3v) is 5.64. The van der Waals surface area contributed by atoms with Crippen LogP contribution in [-0.2, 0) is 16.6 Å². The number of carboxylic acids is 1. The molecule has 144 valence electrons. The highest BCUT2D eigenvalue weighted by atomic mass is 32.2. The largest absolute Gasteiger partial charge is 0.481 e. The highest BCUT2D eigenvalue weighted by Crippen LogP contribution is 2.33. The molecular formula is C20H18N2O4S2. The molecule has 1 saturated heterocycles. The highest BCUT2D eigenvalue weighted by Gasteiger charge is 2.32. The van der Waals surface area contributed by atoms with E-state index in [0.717, 1.165) is 0 Å². The van der Waals surface area contributed by atoms with Crippen LogP contribution in [0.4, 0.5) is 0 Å². The lowest BCUT2D eigenvalue weighted by Gasteiger charge is -2.13. The second-order valence-corrected chi connectivity index (χ2v) is 7.97. The van der Waals surface area contributed by atoms with E-state index < -0.39 is 5.97 Å². The lowest BCUT2D eigenvalue weighted by molar-refractivity contribution is -0.137. The van der Waals surface area contributed by atoms with Crippen molar-refractivity contribution in [3.63, 3.8) is 0 Å². The smallest absolute Gasteiger partial charge is 0.303 e. The minimum Gasteiger partial charge on any atom is -0.481 e. The first-order chi connectivity index (χ1) is 13.4. The summed E-state index contributed by atoms with van der Waals surface area (Å²) in [5.74, 6) is -1.23. The molecular weight excluding hydrogens is 396 g/mol. The predicted octanol–water partition coefficient (Wildman–Crippen LogP) is 3.32. The molecule has 0 bridgehead atoms. The molecule has 0 spiro atoms. The summed E-state index contributed by atoms with van der Waals surface area (Å²) in [5.41, 5.74) is 1.85. The molecule has 2 heterocycles. The number of carboxylic acid groups (broad SMARTS) is 1. The Morgan fingerprint density at radius 2 is 1.93 bits per heavy atom. The van der Waals surface area contributed by atoms with Gasteiger partial charge in [-0.3, -0.25) is 19.3 Å². The van der Waals surface area contributed by atoms with Gasteiger partial charge in [0.15, 0.2) is 5.78 Å². The van der Waals surface area contributed by atoms with Crippen molar-refractivity contribution >= 4 is 52.0 Å². The van der Waals surface area contributed by atoms with Crippen LogP contribution < -0.4 is 0 Å². The third kappa shape index (κ3) is 4.40. The van der Waals surface area contributed by atoms with Crippen molar-refractivity contribution in [3.05, 3.63) is 64.3 Å². The molecule has 0 aliphatic carbocycles. The van der Waals surface area contributed by atoms with Gasteiger partial charge in [0.1, 0.15) is 4.32 Å². The molecule has 3 rings (SSSR count). The van der Waals surface area contributed by atoms with Crippen LogP contribution in [0.2, 0.25) is 0 Å². The van der Waals surface area contributed by atoms with Gasteiger partial charge in [0.25, 0.3) is 5.91 Å². The second-order valence-electron chi connectivity index (χ2n) is 6.29. The lowest BCUT2D eigenvalue weighted by atomic mass is 10.1. The first-order valence-electron chi connectivity index (χ1n) is 8.60. The van der Waals surface area contributed by atoms with Crippen LogP contribution >= 0.6 is 24.0 Å². The maximum atomic E-state index is 12.6. The summed E-state index contributed by atoms with van der Waals surface area (Å²) in [4.78, 5) is 37.7. The van der Waals surface area contributed by atoms with Gasteiger partial charge in [0.05, 0.1) is 4.91 Å². The molecule has 2 aromatic rings. The number of hydrogen-bond acceptors (Lipinski definition) is 5. The Morgan fingerprint density at radius 1 is 1.21 bits per heavy atom. The first-order valence-corrected chi connectivity index (χ1v) is 9.82. The van der Waals surface area contributed by atoms with Crippen LogP contribution in [0.1, 0.15) is 34.5 Å². The molecule has 8 heteroatoms. The van der Waals surface area contributed by atoms with E-state index in [0.29, 0.717) is 32.5 Å². The van der Waals surface area contributed by atoms with Crippen LogP contribution in [0.25, 0.3) is 6.08 Å². The zero-order chi connectivity index (χ0) is 20.3. The van der Waals surface area contributed by atoms with Gasteiger partial charge >= 0.3 is 5.97 Å². The van der Waals surface area contributed by atoms with Gasteiger partial charge in [-0.25, -0.2) is 0 Å². The van der Waals surface area contributed by atoms with Gasteiger partial charge in [-0.15, -0.1) is 0 Å². The van der Waals surface area contributed by atoms with E-state index in [2.05, 4.69) is 0 Å². The maximum absolute atomic E-state index is 12.6. The summed E-state index contributed by atoms with van der Waals surface area (Å²) < 4.78 is 2.20. The molecule has 1 fully saturated rings. The molecule has 1 amide bonds. The van der Waals surface area contributed by atoms with E-state index in [1.807, 2.05) is 18.2 Å². The van der Waals surface area contributed by atoms with Crippen LogP contribution in [0.15, 0.2) is 47.5 Å². The van der Waals surface area contributed by atoms with Gasteiger partial charge in [0, 0.05) is 43.0 Å². The Kier molecular flexibility index (Phi) is 6.11. The Morgan fingerprint density at radius 3 is 2.61 bits per heavy atom. The minimum atomic E-state index is -0.902. The molecule has 1 aliphatic heterocycles. The Labute approximate surface area is 171 Å². The Bertz CT molecular complexity index is 979. The van der Waals surface area contributed by atoms with E-state index in [1.54, 1.807) is 42.1 Å². The Balaban J connectivity index is 1.78. The zero-order valence-electron chi connectivity index (χ0n) is 15.1. The maximum Gasteiger partial charge on any atom is 0.303 e. The number of rotatable bonds is 7. The van der Waals surface area contributed by atoms with Crippen molar-refractivity contribution in [1.29, 1.82) is 0 Å². The van der Waals surface area contributed by atoms with Gasteiger partial charge in [-0.2, -0.15) is 0 Å². The zero-order valence-corrected chi connectivity index (χ0v) is 16.8. The quantitative estimate of drug-likeness (QED) is 0.425. The predicted molar refractivity (Wildman–Crippen MR) is 112 cm³/mol. The number of aromatic nitrogens is 1. The summed E-state index contributed by atoms with van der Waals surface area (Å²) in [5, 5.41) is 8.74. The van der Waals surface area contributed by atoms with Crippen molar-refractivity contribution in [1.82, 2.24) is 9.47 Å². The standard InChI is InChI=1S/C20H18N2O4S2/c1-21-12-14(18(25)13-6-3-2-4-7-13)10-15(21)11-16-19(26)22(20(27)28-16)9-5-8-17(23)24/h2-4,6-7,10-12H,5,8-9H2,1H3,(H,23,24). The average Bonchev–Trinajstić information content (AvgIpc) is 3.16. The van der Waals surface area contributed by atoms with Crippen molar-refractivity contribution in [2.45, 2.75) is 12.8 Å². The summed E-state index contributed by atoms with van der Waals surface area (Å²) in [6.07, 6.45) is 3.76. The summed E-state index contributed by atoms with van der Waals surface area (Å²) in [7, 11) is 1.81. The molecule has 0 unspecified atom stereocenters. The number of carbonyl (C=O) groups excluding carboxylic acids is 2. The normalized spacial score (nSPS) is 15.5. The molecule has 0 radical (unpaired) electrons. The van der Waals surface area contributed by atoms with Gasteiger partial charge < -0.3 is 9.67 Å². The van der Waals surface area contributed by atoms with E-state index in [-0.39, 0.29) is 24.7 Å². The number of nitrogens with zero attached hydrogens (tertiary/aromatic N) is 2. The molecule has 0 atom stereocenters. The van der Waals surface area contributed by atoms with E-state index in [1.165, 1.54) is 16.7 Å². The number of ketones is 1. The average molecular weight is 415 g/mol. The topological polar surface area (TPSA) is 79.6 Å². The van der Waals surface area contributed by atoms with Gasteiger partial charge in [-0.05, 0) is 18.6 Å². The molecule has 1 aliphatic rings. The van der Waals surface area contributed by atoms with Gasteiger partial charge in [0.2, 0.25) is 0 Å².